The summed E-state index contributed by atoms with van der Waals surface area (Å²) in [5.74, 6) is 1.22. The van der Waals surface area contributed by atoms with Crippen LogP contribution in [0.25, 0.3) is 10.9 Å². The van der Waals surface area contributed by atoms with Gasteiger partial charge in [-0.3, -0.25) is 0 Å². The number of anilines is 2. The lowest BCUT2D eigenvalue weighted by molar-refractivity contribution is 0.0317. The number of pyridine rings is 1. The van der Waals surface area contributed by atoms with Crippen molar-refractivity contribution in [3.63, 3.8) is 0 Å². The van der Waals surface area contributed by atoms with E-state index in [9.17, 15) is 4.21 Å². The average molecular weight is 456 g/mol. The summed E-state index contributed by atoms with van der Waals surface area (Å²) < 4.78 is 28.1. The van der Waals surface area contributed by atoms with E-state index in [-0.39, 0.29) is 6.10 Å². The van der Waals surface area contributed by atoms with Gasteiger partial charge in [0.2, 0.25) is 5.88 Å². The molecule has 1 fully saturated rings. The van der Waals surface area contributed by atoms with Crippen LogP contribution in [0, 0.1) is 6.92 Å². The largest absolute Gasteiger partial charge is 0.473 e. The van der Waals surface area contributed by atoms with Crippen LogP contribution in [0.3, 0.4) is 0 Å². The highest BCUT2D eigenvalue weighted by atomic mass is 32.2. The van der Waals surface area contributed by atoms with Crippen LogP contribution in [0.5, 0.6) is 5.88 Å². The Morgan fingerprint density at radius 2 is 1.84 bits per heavy atom. The van der Waals surface area contributed by atoms with Gasteiger partial charge >= 0.3 is 0 Å². The molecule has 0 amide bonds. The summed E-state index contributed by atoms with van der Waals surface area (Å²) in [6, 6.07) is 7.53. The van der Waals surface area contributed by atoms with E-state index in [1.807, 2.05) is 31.2 Å². The molecule has 0 aliphatic heterocycles. The molecule has 0 bridgehead atoms. The first-order valence-electron chi connectivity index (χ1n) is 10.7. The van der Waals surface area contributed by atoms with E-state index in [0.29, 0.717) is 23.5 Å². The number of benzene rings is 1. The van der Waals surface area contributed by atoms with E-state index in [2.05, 4.69) is 24.6 Å². The fourth-order valence-corrected chi connectivity index (χ4v) is 4.64. The summed E-state index contributed by atoms with van der Waals surface area (Å²) in [6.45, 7) is 1.97. The number of hydrogen-bond acceptors (Lipinski definition) is 8. The van der Waals surface area contributed by atoms with Crippen LogP contribution >= 0.6 is 0 Å². The highest BCUT2D eigenvalue weighted by molar-refractivity contribution is 7.92. The Hall–Kier alpha value is -2.78. The van der Waals surface area contributed by atoms with Crippen molar-refractivity contribution in [1.29, 1.82) is 0 Å². The standard InChI is InChI=1S/C23H29N5O3S/c1-15-12-16(28-32(3,4)29)13-20-21(15)22(26-14-25-20)27-19-6-5-11-24-23(19)31-18-9-7-17(30-2)8-10-18/h5-6,11-14,17-18H,7-10H2,1-4H3,(H,25,26,27)/t17-,18-. The van der Waals surface area contributed by atoms with Crippen LogP contribution in [0.1, 0.15) is 31.2 Å². The van der Waals surface area contributed by atoms with E-state index < -0.39 is 9.73 Å². The molecule has 1 N–H and O–H groups in total. The SMILES string of the molecule is CO[C@H]1CC[C@H](Oc2ncccc2Nc2ncnc3cc(N=S(C)(C)=O)cc(C)c23)CC1. The zero-order chi connectivity index (χ0) is 22.7. The molecule has 0 atom stereocenters. The summed E-state index contributed by atoms with van der Waals surface area (Å²) in [6.07, 6.45) is 10.7. The van der Waals surface area contributed by atoms with Crippen LogP contribution in [-0.4, -0.2) is 51.0 Å². The third kappa shape index (κ3) is 5.34. The van der Waals surface area contributed by atoms with Gasteiger partial charge in [0.15, 0.2) is 0 Å². The summed E-state index contributed by atoms with van der Waals surface area (Å²) in [5, 5.41) is 4.26. The van der Waals surface area contributed by atoms with Crippen LogP contribution < -0.4 is 10.1 Å². The topological polar surface area (TPSA) is 98.6 Å². The maximum absolute atomic E-state index is 12.1. The molecule has 1 aliphatic rings. The number of hydrogen-bond donors (Lipinski definition) is 1. The van der Waals surface area contributed by atoms with Gasteiger partial charge in [-0.1, -0.05) is 0 Å². The third-order valence-electron chi connectivity index (χ3n) is 5.50. The van der Waals surface area contributed by atoms with Gasteiger partial charge in [-0.25, -0.2) is 19.2 Å². The monoisotopic (exact) mass is 455 g/mol. The highest BCUT2D eigenvalue weighted by Crippen LogP contribution is 2.34. The summed E-state index contributed by atoms with van der Waals surface area (Å²) >= 11 is 0. The van der Waals surface area contributed by atoms with E-state index in [1.54, 1.807) is 25.8 Å². The Kier molecular flexibility index (Phi) is 6.57. The predicted octanol–water partition coefficient (Wildman–Crippen LogP) is 4.77. The fraction of sp³-hybridized carbons (Fsp3) is 0.435. The van der Waals surface area contributed by atoms with Crippen LogP contribution in [0.15, 0.2) is 41.2 Å². The number of ether oxygens (including phenoxy) is 2. The minimum absolute atomic E-state index is 0.114. The number of methoxy groups -OCH3 is 1. The Balaban J connectivity index is 1.62. The molecule has 2 heterocycles. The molecule has 4 rings (SSSR count). The van der Waals surface area contributed by atoms with Crippen LogP contribution in [0.2, 0.25) is 0 Å². The van der Waals surface area contributed by atoms with Crippen molar-refractivity contribution in [1.82, 2.24) is 15.0 Å². The van der Waals surface area contributed by atoms with E-state index >= 15 is 0 Å². The van der Waals surface area contributed by atoms with E-state index in [0.717, 1.165) is 47.8 Å². The van der Waals surface area contributed by atoms with Crippen molar-refractivity contribution in [2.75, 3.05) is 24.9 Å². The molecule has 2 aromatic heterocycles. The third-order valence-corrected chi connectivity index (χ3v) is 6.15. The molecule has 0 unspecified atom stereocenters. The summed E-state index contributed by atoms with van der Waals surface area (Å²) in [4.78, 5) is 13.3. The molecule has 9 heteroatoms. The lowest BCUT2D eigenvalue weighted by Gasteiger charge is -2.28. The van der Waals surface area contributed by atoms with Crippen molar-refractivity contribution in [3.05, 3.63) is 42.4 Å². The van der Waals surface area contributed by atoms with Gasteiger partial charge in [-0.2, -0.15) is 4.36 Å². The van der Waals surface area contributed by atoms with E-state index in [4.69, 9.17) is 9.47 Å². The Morgan fingerprint density at radius 1 is 1.09 bits per heavy atom. The number of rotatable bonds is 6. The molecule has 0 spiro atoms. The Bertz CT molecular complexity index is 1220. The molecule has 1 saturated carbocycles. The summed E-state index contributed by atoms with van der Waals surface area (Å²) in [7, 11) is -0.499. The number of nitrogens with one attached hydrogen (secondary N) is 1. The first-order valence-corrected chi connectivity index (χ1v) is 13.0. The summed E-state index contributed by atoms with van der Waals surface area (Å²) in [5.41, 5.74) is 3.07. The Labute approximate surface area is 189 Å². The molecule has 3 aromatic rings. The second kappa shape index (κ2) is 9.38. The molecule has 170 valence electrons. The second-order valence-corrected chi connectivity index (χ2v) is 10.9. The van der Waals surface area contributed by atoms with Crippen molar-refractivity contribution in [3.8, 4) is 5.88 Å². The minimum Gasteiger partial charge on any atom is -0.473 e. The molecule has 1 aliphatic carbocycles. The molecule has 0 saturated heterocycles. The highest BCUT2D eigenvalue weighted by Gasteiger charge is 2.23. The lowest BCUT2D eigenvalue weighted by Crippen LogP contribution is -2.28. The van der Waals surface area contributed by atoms with Gasteiger partial charge in [0, 0.05) is 40.9 Å². The zero-order valence-corrected chi connectivity index (χ0v) is 19.7. The molecule has 1 aromatic carbocycles. The smallest absolute Gasteiger partial charge is 0.238 e. The van der Waals surface area contributed by atoms with Crippen molar-refractivity contribution in [2.24, 2.45) is 4.36 Å². The van der Waals surface area contributed by atoms with Crippen LogP contribution in [0.4, 0.5) is 17.2 Å². The molecule has 8 nitrogen and oxygen atoms in total. The maximum Gasteiger partial charge on any atom is 0.238 e. The van der Waals surface area contributed by atoms with Gasteiger partial charge in [0.25, 0.3) is 0 Å². The minimum atomic E-state index is -2.26. The first kappa shape index (κ1) is 22.4. The molecular weight excluding hydrogens is 426 g/mol. The number of aromatic nitrogens is 3. The van der Waals surface area contributed by atoms with Gasteiger partial charge in [0.05, 0.1) is 17.3 Å². The second-order valence-electron chi connectivity index (χ2n) is 8.39. The van der Waals surface area contributed by atoms with Gasteiger partial charge in [-0.05, 0) is 62.4 Å². The van der Waals surface area contributed by atoms with Gasteiger partial charge in [-0.15, -0.1) is 0 Å². The van der Waals surface area contributed by atoms with Gasteiger partial charge < -0.3 is 14.8 Å². The predicted molar refractivity (Wildman–Crippen MR) is 128 cm³/mol. The quantitative estimate of drug-likeness (QED) is 0.571. The lowest BCUT2D eigenvalue weighted by atomic mass is 9.95. The normalized spacial score (nSPS) is 19.0. The van der Waals surface area contributed by atoms with Crippen molar-refractivity contribution in [2.45, 2.75) is 44.8 Å². The number of aryl methyl sites for hydroxylation is 1. The van der Waals surface area contributed by atoms with Crippen LogP contribution in [-0.2, 0) is 14.5 Å². The van der Waals surface area contributed by atoms with Gasteiger partial charge in [0.1, 0.15) is 23.9 Å². The number of fused-ring (bicyclic) bond motifs is 1. The number of nitrogens with zero attached hydrogens (tertiary/aromatic N) is 4. The molecule has 0 radical (unpaired) electrons. The zero-order valence-electron chi connectivity index (χ0n) is 18.9. The van der Waals surface area contributed by atoms with Crippen molar-refractivity contribution >= 4 is 37.8 Å². The average Bonchev–Trinajstić information content (AvgIpc) is 2.74. The molecule has 32 heavy (non-hydrogen) atoms. The van der Waals surface area contributed by atoms with Crippen molar-refractivity contribution < 1.29 is 13.7 Å². The first-order chi connectivity index (χ1) is 15.3. The maximum atomic E-state index is 12.1. The fourth-order valence-electron chi connectivity index (χ4n) is 4.03. The van der Waals surface area contributed by atoms with E-state index in [1.165, 1.54) is 6.33 Å². The molecular formula is C23H29N5O3S. The Morgan fingerprint density at radius 3 is 2.56 bits per heavy atom.